The number of aromatic nitrogens is 2. The lowest BCUT2D eigenvalue weighted by molar-refractivity contribution is 0.508. The SMILES string of the molecule is Nc1ccc(-c2nnc(C3CC3)o2)cc1. The van der Waals surface area contributed by atoms with Gasteiger partial charge < -0.3 is 10.2 Å². The number of benzene rings is 1. The number of hydrogen-bond acceptors (Lipinski definition) is 4. The molecule has 1 aliphatic rings. The molecule has 4 heteroatoms. The van der Waals surface area contributed by atoms with Crippen LogP contribution in [0.1, 0.15) is 24.7 Å². The molecule has 2 N–H and O–H groups in total. The van der Waals surface area contributed by atoms with E-state index in [9.17, 15) is 0 Å². The minimum absolute atomic E-state index is 0.500. The van der Waals surface area contributed by atoms with Crippen molar-refractivity contribution in [2.75, 3.05) is 5.73 Å². The van der Waals surface area contributed by atoms with Gasteiger partial charge in [-0.1, -0.05) is 0 Å². The summed E-state index contributed by atoms with van der Waals surface area (Å²) in [5.74, 6) is 1.85. The lowest BCUT2D eigenvalue weighted by atomic mass is 10.2. The average molecular weight is 201 g/mol. The zero-order valence-electron chi connectivity index (χ0n) is 8.18. The van der Waals surface area contributed by atoms with Crippen LogP contribution in [0.4, 0.5) is 5.69 Å². The largest absolute Gasteiger partial charge is 0.420 e. The average Bonchev–Trinajstić information content (AvgIpc) is 2.99. The van der Waals surface area contributed by atoms with Gasteiger partial charge in [0.2, 0.25) is 11.8 Å². The Hall–Kier alpha value is -1.84. The summed E-state index contributed by atoms with van der Waals surface area (Å²) in [6.07, 6.45) is 2.34. The zero-order chi connectivity index (χ0) is 10.3. The second-order valence-corrected chi connectivity index (χ2v) is 3.84. The molecule has 1 heterocycles. The normalized spacial score (nSPS) is 15.5. The Labute approximate surface area is 87.1 Å². The van der Waals surface area contributed by atoms with Crippen molar-refractivity contribution in [3.63, 3.8) is 0 Å². The van der Waals surface area contributed by atoms with Crippen LogP contribution < -0.4 is 5.73 Å². The molecule has 1 aromatic heterocycles. The summed E-state index contributed by atoms with van der Waals surface area (Å²) in [4.78, 5) is 0. The van der Waals surface area contributed by atoms with Crippen molar-refractivity contribution >= 4 is 5.69 Å². The second kappa shape index (κ2) is 3.08. The maximum atomic E-state index is 5.60. The molecule has 2 aromatic rings. The van der Waals surface area contributed by atoms with E-state index in [-0.39, 0.29) is 0 Å². The quantitative estimate of drug-likeness (QED) is 0.756. The van der Waals surface area contributed by atoms with Crippen LogP contribution in [0.25, 0.3) is 11.5 Å². The summed E-state index contributed by atoms with van der Waals surface area (Å²) in [7, 11) is 0. The molecule has 1 fully saturated rings. The van der Waals surface area contributed by atoms with E-state index in [1.165, 1.54) is 12.8 Å². The zero-order valence-corrected chi connectivity index (χ0v) is 8.18. The summed E-state index contributed by atoms with van der Waals surface area (Å²) in [6.45, 7) is 0. The van der Waals surface area contributed by atoms with Crippen molar-refractivity contribution in [1.82, 2.24) is 10.2 Å². The van der Waals surface area contributed by atoms with Crippen LogP contribution in [0.5, 0.6) is 0 Å². The number of anilines is 1. The molecule has 15 heavy (non-hydrogen) atoms. The van der Waals surface area contributed by atoms with Crippen LogP contribution in [0.3, 0.4) is 0 Å². The second-order valence-electron chi connectivity index (χ2n) is 3.84. The van der Waals surface area contributed by atoms with Crippen LogP contribution >= 0.6 is 0 Å². The molecular weight excluding hydrogens is 190 g/mol. The molecule has 1 saturated carbocycles. The number of rotatable bonds is 2. The highest BCUT2D eigenvalue weighted by Gasteiger charge is 2.29. The molecule has 0 radical (unpaired) electrons. The molecule has 0 amide bonds. The standard InChI is InChI=1S/C11H11N3O/c12-9-5-3-8(4-6-9)11-14-13-10(15-11)7-1-2-7/h3-7H,1-2,12H2. The molecule has 0 saturated heterocycles. The van der Waals surface area contributed by atoms with Gasteiger partial charge in [-0.15, -0.1) is 10.2 Å². The van der Waals surface area contributed by atoms with Gasteiger partial charge in [-0.3, -0.25) is 0 Å². The van der Waals surface area contributed by atoms with E-state index in [1.54, 1.807) is 0 Å². The Bertz CT molecular complexity index is 471. The number of nitrogens with two attached hydrogens (primary N) is 1. The van der Waals surface area contributed by atoms with Gasteiger partial charge in [0.25, 0.3) is 0 Å². The molecule has 4 nitrogen and oxygen atoms in total. The van der Waals surface area contributed by atoms with Gasteiger partial charge in [0, 0.05) is 17.2 Å². The third-order valence-corrected chi connectivity index (χ3v) is 2.52. The third-order valence-electron chi connectivity index (χ3n) is 2.52. The highest BCUT2D eigenvalue weighted by Crippen LogP contribution is 2.39. The lowest BCUT2D eigenvalue weighted by Gasteiger charge is -1.94. The summed E-state index contributed by atoms with van der Waals surface area (Å²) >= 11 is 0. The molecule has 0 unspecified atom stereocenters. The number of hydrogen-bond donors (Lipinski definition) is 1. The van der Waals surface area contributed by atoms with E-state index >= 15 is 0 Å². The van der Waals surface area contributed by atoms with Crippen molar-refractivity contribution < 1.29 is 4.42 Å². The first-order chi connectivity index (χ1) is 7.33. The minimum Gasteiger partial charge on any atom is -0.420 e. The molecule has 3 rings (SSSR count). The molecule has 0 atom stereocenters. The van der Waals surface area contributed by atoms with E-state index in [1.807, 2.05) is 24.3 Å². The number of nitrogens with zero attached hydrogens (tertiary/aromatic N) is 2. The van der Waals surface area contributed by atoms with Crippen molar-refractivity contribution in [1.29, 1.82) is 0 Å². The predicted molar refractivity (Wildman–Crippen MR) is 56.1 cm³/mol. The lowest BCUT2D eigenvalue weighted by Crippen LogP contribution is -1.83. The fourth-order valence-corrected chi connectivity index (χ4v) is 1.47. The first-order valence-electron chi connectivity index (χ1n) is 5.02. The molecule has 1 aromatic carbocycles. The third kappa shape index (κ3) is 1.58. The van der Waals surface area contributed by atoms with Crippen molar-refractivity contribution in [3.8, 4) is 11.5 Å². The summed E-state index contributed by atoms with van der Waals surface area (Å²) in [5.41, 5.74) is 7.26. The van der Waals surface area contributed by atoms with Crippen LogP contribution in [0.2, 0.25) is 0 Å². The van der Waals surface area contributed by atoms with Crippen molar-refractivity contribution in [2.24, 2.45) is 0 Å². The van der Waals surface area contributed by atoms with Crippen LogP contribution in [-0.2, 0) is 0 Å². The Morgan fingerprint density at radius 3 is 2.53 bits per heavy atom. The monoisotopic (exact) mass is 201 g/mol. The first-order valence-corrected chi connectivity index (χ1v) is 5.02. The summed E-state index contributed by atoms with van der Waals surface area (Å²) in [5, 5.41) is 8.05. The van der Waals surface area contributed by atoms with Crippen LogP contribution in [-0.4, -0.2) is 10.2 Å². The van der Waals surface area contributed by atoms with Crippen molar-refractivity contribution in [2.45, 2.75) is 18.8 Å². The van der Waals surface area contributed by atoms with E-state index < -0.39 is 0 Å². The maximum absolute atomic E-state index is 5.60. The first kappa shape index (κ1) is 8.47. The summed E-state index contributed by atoms with van der Waals surface area (Å²) < 4.78 is 5.57. The predicted octanol–water partition coefficient (Wildman–Crippen LogP) is 2.20. The molecule has 76 valence electrons. The highest BCUT2D eigenvalue weighted by atomic mass is 16.4. The molecule has 0 spiro atoms. The van der Waals surface area contributed by atoms with Gasteiger partial charge in [-0.25, -0.2) is 0 Å². The fraction of sp³-hybridized carbons (Fsp3) is 0.273. The Kier molecular flexibility index (Phi) is 1.74. The Morgan fingerprint density at radius 1 is 1.13 bits per heavy atom. The van der Waals surface area contributed by atoms with Crippen molar-refractivity contribution in [3.05, 3.63) is 30.2 Å². The molecule has 0 bridgehead atoms. The van der Waals surface area contributed by atoms with Crippen LogP contribution in [0.15, 0.2) is 28.7 Å². The van der Waals surface area contributed by atoms with E-state index in [4.69, 9.17) is 10.2 Å². The smallest absolute Gasteiger partial charge is 0.247 e. The Morgan fingerprint density at radius 2 is 1.87 bits per heavy atom. The molecule has 0 aliphatic heterocycles. The van der Waals surface area contributed by atoms with E-state index in [2.05, 4.69) is 10.2 Å². The van der Waals surface area contributed by atoms with Gasteiger partial charge in [0.15, 0.2) is 0 Å². The van der Waals surface area contributed by atoms with Gasteiger partial charge >= 0.3 is 0 Å². The highest BCUT2D eigenvalue weighted by molar-refractivity contribution is 5.56. The van der Waals surface area contributed by atoms with Gasteiger partial charge in [-0.05, 0) is 37.1 Å². The fourth-order valence-electron chi connectivity index (χ4n) is 1.47. The van der Waals surface area contributed by atoms with Gasteiger partial charge in [-0.2, -0.15) is 0 Å². The maximum Gasteiger partial charge on any atom is 0.247 e. The topological polar surface area (TPSA) is 64.9 Å². The van der Waals surface area contributed by atoms with E-state index in [0.29, 0.717) is 11.8 Å². The summed E-state index contributed by atoms with van der Waals surface area (Å²) in [6, 6.07) is 7.44. The number of nitrogen functional groups attached to an aromatic ring is 1. The van der Waals surface area contributed by atoms with Crippen LogP contribution in [0, 0.1) is 0 Å². The van der Waals surface area contributed by atoms with Gasteiger partial charge in [0.1, 0.15) is 0 Å². The molecular formula is C11H11N3O. The van der Waals surface area contributed by atoms with E-state index in [0.717, 1.165) is 17.1 Å². The molecule has 1 aliphatic carbocycles. The Balaban J connectivity index is 1.93. The minimum atomic E-state index is 0.500. The van der Waals surface area contributed by atoms with Gasteiger partial charge in [0.05, 0.1) is 0 Å².